The molecule has 152 valence electrons. The van der Waals surface area contributed by atoms with E-state index in [1.54, 1.807) is 29.2 Å². The van der Waals surface area contributed by atoms with Crippen molar-refractivity contribution in [3.8, 4) is 0 Å². The van der Waals surface area contributed by atoms with E-state index < -0.39 is 30.5 Å². The molecule has 2 rings (SSSR count). The van der Waals surface area contributed by atoms with Gasteiger partial charge in [-0.3, -0.25) is 9.59 Å². The normalized spacial score (nSPS) is 15.7. The Hall–Kier alpha value is -2.90. The SMILES string of the molecule is CC[C@H](C)[C@@H](NC(=O)COC(=O)c1ccc(N2CCCC2=O)cc1)C(=O)OC. The van der Waals surface area contributed by atoms with E-state index in [4.69, 9.17) is 9.47 Å². The van der Waals surface area contributed by atoms with Gasteiger partial charge in [0.2, 0.25) is 5.91 Å². The Morgan fingerprint density at radius 3 is 2.43 bits per heavy atom. The van der Waals surface area contributed by atoms with Crippen LogP contribution in [0.2, 0.25) is 0 Å². The fourth-order valence-electron chi connectivity index (χ4n) is 2.92. The molecule has 8 heteroatoms. The highest BCUT2D eigenvalue weighted by Gasteiger charge is 2.27. The van der Waals surface area contributed by atoms with Crippen molar-refractivity contribution in [2.24, 2.45) is 5.92 Å². The first-order valence-corrected chi connectivity index (χ1v) is 9.32. The Kier molecular flexibility index (Phi) is 7.54. The van der Waals surface area contributed by atoms with Gasteiger partial charge in [0.25, 0.3) is 5.91 Å². The van der Waals surface area contributed by atoms with Crippen molar-refractivity contribution < 1.29 is 28.7 Å². The van der Waals surface area contributed by atoms with Crippen LogP contribution in [-0.2, 0) is 23.9 Å². The summed E-state index contributed by atoms with van der Waals surface area (Å²) in [6.07, 6.45) is 2.02. The van der Waals surface area contributed by atoms with Crippen LogP contribution in [0.1, 0.15) is 43.5 Å². The van der Waals surface area contributed by atoms with Crippen molar-refractivity contribution in [3.63, 3.8) is 0 Å². The van der Waals surface area contributed by atoms with E-state index in [0.29, 0.717) is 19.4 Å². The number of carbonyl (C=O) groups excluding carboxylic acids is 4. The number of hydrogen-bond donors (Lipinski definition) is 1. The summed E-state index contributed by atoms with van der Waals surface area (Å²) in [5.41, 5.74) is 1.00. The predicted molar refractivity (Wildman–Crippen MR) is 102 cm³/mol. The van der Waals surface area contributed by atoms with Crippen molar-refractivity contribution in [1.82, 2.24) is 5.32 Å². The lowest BCUT2D eigenvalue weighted by atomic mass is 9.99. The van der Waals surface area contributed by atoms with Gasteiger partial charge in [-0.15, -0.1) is 0 Å². The topological polar surface area (TPSA) is 102 Å². The molecule has 1 aromatic rings. The Morgan fingerprint density at radius 1 is 1.21 bits per heavy atom. The van der Waals surface area contributed by atoms with Gasteiger partial charge in [-0.05, 0) is 36.6 Å². The third-order valence-corrected chi connectivity index (χ3v) is 4.81. The lowest BCUT2D eigenvalue weighted by Crippen LogP contribution is -2.47. The second-order valence-corrected chi connectivity index (χ2v) is 6.73. The summed E-state index contributed by atoms with van der Waals surface area (Å²) in [6, 6.07) is 5.67. The minimum atomic E-state index is -0.793. The van der Waals surface area contributed by atoms with Crippen LogP contribution in [0.5, 0.6) is 0 Å². The van der Waals surface area contributed by atoms with Crippen LogP contribution in [0.15, 0.2) is 24.3 Å². The number of hydrogen-bond acceptors (Lipinski definition) is 6. The van der Waals surface area contributed by atoms with Crippen molar-refractivity contribution in [3.05, 3.63) is 29.8 Å². The molecule has 1 aliphatic rings. The minimum Gasteiger partial charge on any atom is -0.467 e. The standard InChI is InChI=1S/C20H26N2O6/c1-4-13(2)18(20(26)27-3)21-16(23)12-28-19(25)14-7-9-15(10-8-14)22-11-5-6-17(22)24/h7-10,13,18H,4-6,11-12H2,1-3H3,(H,21,23)/t13-,18+/m0/s1. The summed E-state index contributed by atoms with van der Waals surface area (Å²) in [7, 11) is 1.25. The zero-order valence-electron chi connectivity index (χ0n) is 16.4. The summed E-state index contributed by atoms with van der Waals surface area (Å²) in [5, 5.41) is 2.54. The zero-order valence-corrected chi connectivity index (χ0v) is 16.4. The maximum absolute atomic E-state index is 12.1. The number of nitrogens with one attached hydrogen (secondary N) is 1. The fourth-order valence-corrected chi connectivity index (χ4v) is 2.92. The number of ether oxygens (including phenoxy) is 2. The number of amides is 2. The van der Waals surface area contributed by atoms with Crippen LogP contribution in [0.4, 0.5) is 5.69 Å². The number of nitrogens with zero attached hydrogens (tertiary/aromatic N) is 1. The molecule has 0 spiro atoms. The predicted octanol–water partition coefficient (Wildman–Crippen LogP) is 1.67. The van der Waals surface area contributed by atoms with Crippen LogP contribution in [0.3, 0.4) is 0 Å². The molecule has 1 N–H and O–H groups in total. The van der Waals surface area contributed by atoms with Gasteiger partial charge < -0.3 is 19.7 Å². The van der Waals surface area contributed by atoms with Gasteiger partial charge in [-0.25, -0.2) is 9.59 Å². The summed E-state index contributed by atoms with van der Waals surface area (Å²) >= 11 is 0. The molecule has 0 radical (unpaired) electrons. The molecule has 28 heavy (non-hydrogen) atoms. The highest BCUT2D eigenvalue weighted by Crippen LogP contribution is 2.21. The molecular weight excluding hydrogens is 364 g/mol. The molecule has 0 unspecified atom stereocenters. The van der Waals surface area contributed by atoms with E-state index >= 15 is 0 Å². The lowest BCUT2D eigenvalue weighted by molar-refractivity contribution is -0.147. The number of carbonyl (C=O) groups is 4. The molecule has 0 saturated carbocycles. The third-order valence-electron chi connectivity index (χ3n) is 4.81. The molecule has 1 fully saturated rings. The molecule has 0 aromatic heterocycles. The summed E-state index contributed by atoms with van der Waals surface area (Å²) in [5.74, 6) is -1.83. The van der Waals surface area contributed by atoms with E-state index in [0.717, 1.165) is 12.1 Å². The second kappa shape index (κ2) is 9.87. The molecule has 1 aromatic carbocycles. The van der Waals surface area contributed by atoms with Gasteiger partial charge in [0, 0.05) is 18.7 Å². The van der Waals surface area contributed by atoms with Crippen LogP contribution >= 0.6 is 0 Å². The van der Waals surface area contributed by atoms with Crippen molar-refractivity contribution in [2.45, 2.75) is 39.2 Å². The average Bonchev–Trinajstić information content (AvgIpc) is 3.15. The van der Waals surface area contributed by atoms with E-state index in [-0.39, 0.29) is 17.4 Å². The first-order valence-electron chi connectivity index (χ1n) is 9.32. The molecule has 1 aliphatic heterocycles. The van der Waals surface area contributed by atoms with E-state index in [1.807, 2.05) is 13.8 Å². The van der Waals surface area contributed by atoms with Gasteiger partial charge >= 0.3 is 11.9 Å². The molecular formula is C20H26N2O6. The molecule has 2 amide bonds. The van der Waals surface area contributed by atoms with Gasteiger partial charge in [-0.2, -0.15) is 0 Å². The Morgan fingerprint density at radius 2 is 1.89 bits per heavy atom. The quantitative estimate of drug-likeness (QED) is 0.678. The number of benzene rings is 1. The van der Waals surface area contributed by atoms with Crippen LogP contribution in [-0.4, -0.2) is 50.1 Å². The maximum Gasteiger partial charge on any atom is 0.338 e. The minimum absolute atomic E-state index is 0.0634. The first kappa shape index (κ1) is 21.4. The largest absolute Gasteiger partial charge is 0.467 e. The molecule has 0 aliphatic carbocycles. The summed E-state index contributed by atoms with van der Waals surface area (Å²) < 4.78 is 9.72. The van der Waals surface area contributed by atoms with E-state index in [9.17, 15) is 19.2 Å². The molecule has 1 saturated heterocycles. The summed E-state index contributed by atoms with van der Waals surface area (Å²) in [6.45, 7) is 3.88. The van der Waals surface area contributed by atoms with Crippen molar-refractivity contribution in [2.75, 3.05) is 25.2 Å². The van der Waals surface area contributed by atoms with Crippen LogP contribution < -0.4 is 10.2 Å². The molecule has 8 nitrogen and oxygen atoms in total. The third kappa shape index (κ3) is 5.31. The Labute approximate surface area is 164 Å². The molecule has 0 bridgehead atoms. The van der Waals surface area contributed by atoms with Crippen molar-refractivity contribution in [1.29, 1.82) is 0 Å². The van der Waals surface area contributed by atoms with Crippen LogP contribution in [0.25, 0.3) is 0 Å². The zero-order chi connectivity index (χ0) is 20.7. The van der Waals surface area contributed by atoms with Gasteiger partial charge in [0.15, 0.2) is 6.61 Å². The molecule has 1 heterocycles. The van der Waals surface area contributed by atoms with Gasteiger partial charge in [0.1, 0.15) is 6.04 Å². The fraction of sp³-hybridized carbons (Fsp3) is 0.500. The smallest absolute Gasteiger partial charge is 0.338 e. The average molecular weight is 390 g/mol. The Balaban J connectivity index is 1.89. The Bertz CT molecular complexity index is 731. The number of anilines is 1. The molecule has 2 atom stereocenters. The number of rotatable bonds is 8. The number of esters is 2. The highest BCUT2D eigenvalue weighted by molar-refractivity contribution is 5.96. The van der Waals surface area contributed by atoms with Crippen LogP contribution in [0, 0.1) is 5.92 Å². The van der Waals surface area contributed by atoms with Gasteiger partial charge in [0.05, 0.1) is 12.7 Å². The highest BCUT2D eigenvalue weighted by atomic mass is 16.5. The lowest BCUT2D eigenvalue weighted by Gasteiger charge is -2.21. The maximum atomic E-state index is 12.1. The first-order chi connectivity index (χ1) is 13.4. The summed E-state index contributed by atoms with van der Waals surface area (Å²) in [4.78, 5) is 49.4. The number of methoxy groups -OCH3 is 1. The van der Waals surface area contributed by atoms with Crippen molar-refractivity contribution >= 4 is 29.4 Å². The monoisotopic (exact) mass is 390 g/mol. The second-order valence-electron chi connectivity index (χ2n) is 6.73. The van der Waals surface area contributed by atoms with E-state index in [2.05, 4.69) is 5.32 Å². The van der Waals surface area contributed by atoms with Gasteiger partial charge in [-0.1, -0.05) is 20.3 Å². The van der Waals surface area contributed by atoms with E-state index in [1.165, 1.54) is 7.11 Å².